The number of allylic oxidation sites excluding steroid dienone is 1. The van der Waals surface area contributed by atoms with Gasteiger partial charge in [-0.1, -0.05) is 24.3 Å². The van der Waals surface area contributed by atoms with Crippen LogP contribution in [-0.4, -0.2) is 29.7 Å². The number of carbonyl (C=O) groups excluding carboxylic acids is 1. The number of hydrogen-bond acceptors (Lipinski definition) is 3. The van der Waals surface area contributed by atoms with Gasteiger partial charge in [-0.25, -0.2) is 8.78 Å². The largest absolute Gasteiger partial charge is 0.390 e. The van der Waals surface area contributed by atoms with Crippen molar-refractivity contribution in [3.8, 4) is 0 Å². The van der Waals surface area contributed by atoms with Crippen molar-refractivity contribution in [2.45, 2.75) is 57.7 Å². The Bertz CT molecular complexity index is 940. The van der Waals surface area contributed by atoms with Gasteiger partial charge in [-0.2, -0.15) is 0 Å². The Hall–Kier alpha value is -2.57. The van der Waals surface area contributed by atoms with Crippen molar-refractivity contribution in [3.05, 3.63) is 76.9 Å². The summed E-state index contributed by atoms with van der Waals surface area (Å²) in [5.74, 6) is -1.68. The molecule has 1 aliphatic rings. The molecule has 3 unspecified atom stereocenters. The molecule has 0 aliphatic heterocycles. The Labute approximate surface area is 182 Å². The zero-order chi connectivity index (χ0) is 22.5. The molecule has 0 saturated heterocycles. The van der Waals surface area contributed by atoms with Gasteiger partial charge in [0.2, 0.25) is 5.91 Å². The van der Waals surface area contributed by atoms with E-state index in [2.05, 4.69) is 35.4 Å². The summed E-state index contributed by atoms with van der Waals surface area (Å²) in [5, 5.41) is 16.9. The zero-order valence-corrected chi connectivity index (χ0v) is 18.1. The fraction of sp³-hybridized carbons (Fsp3) is 0.400. The Morgan fingerprint density at radius 2 is 1.90 bits per heavy atom. The summed E-state index contributed by atoms with van der Waals surface area (Å²) < 4.78 is 27.1. The second-order valence-corrected chi connectivity index (χ2v) is 8.40. The lowest BCUT2D eigenvalue weighted by Crippen LogP contribution is -2.48. The summed E-state index contributed by atoms with van der Waals surface area (Å²) in [5.41, 5.74) is 4.97. The highest BCUT2D eigenvalue weighted by atomic mass is 19.1. The van der Waals surface area contributed by atoms with Gasteiger partial charge in [-0.15, -0.1) is 0 Å². The fourth-order valence-corrected chi connectivity index (χ4v) is 4.21. The number of carbonyl (C=O) groups is 1. The molecule has 1 amide bonds. The number of nitrogens with one attached hydrogen (secondary N) is 2. The summed E-state index contributed by atoms with van der Waals surface area (Å²) in [6.45, 7) is 7.60. The highest BCUT2D eigenvalue weighted by molar-refractivity contribution is 5.73. The van der Waals surface area contributed by atoms with E-state index < -0.39 is 23.8 Å². The van der Waals surface area contributed by atoms with E-state index in [-0.39, 0.29) is 24.9 Å². The summed E-state index contributed by atoms with van der Waals surface area (Å²) in [6.07, 6.45) is 2.21. The van der Waals surface area contributed by atoms with Gasteiger partial charge in [0.15, 0.2) is 0 Å². The molecule has 3 N–H and O–H groups in total. The molecule has 2 aromatic rings. The van der Waals surface area contributed by atoms with Crippen LogP contribution in [0.2, 0.25) is 0 Å². The van der Waals surface area contributed by atoms with Crippen molar-refractivity contribution in [1.29, 1.82) is 0 Å². The van der Waals surface area contributed by atoms with E-state index in [0.717, 1.165) is 36.5 Å². The van der Waals surface area contributed by atoms with Gasteiger partial charge in [0.1, 0.15) is 11.6 Å². The van der Waals surface area contributed by atoms with E-state index in [4.69, 9.17) is 0 Å². The molecule has 4 nitrogen and oxygen atoms in total. The minimum absolute atomic E-state index is 0.0855. The first-order valence-electron chi connectivity index (χ1n) is 10.6. The first-order chi connectivity index (χ1) is 14.7. The van der Waals surface area contributed by atoms with Crippen LogP contribution in [0.1, 0.15) is 55.0 Å². The number of fused-ring (bicyclic) bond motifs is 1. The van der Waals surface area contributed by atoms with Gasteiger partial charge in [0, 0.05) is 25.6 Å². The van der Waals surface area contributed by atoms with Gasteiger partial charge in [-0.05, 0) is 73.1 Å². The summed E-state index contributed by atoms with van der Waals surface area (Å²) in [7, 11) is 0. The third-order valence-corrected chi connectivity index (χ3v) is 5.76. The van der Waals surface area contributed by atoms with Crippen LogP contribution in [0.4, 0.5) is 8.78 Å². The molecule has 31 heavy (non-hydrogen) atoms. The number of aliphatic hydroxyl groups is 1. The van der Waals surface area contributed by atoms with Crippen LogP contribution in [-0.2, 0) is 17.6 Å². The molecule has 0 radical (unpaired) electrons. The predicted molar refractivity (Wildman–Crippen MR) is 119 cm³/mol. The lowest BCUT2D eigenvalue weighted by molar-refractivity contribution is -0.120. The molecule has 166 valence electrons. The second kappa shape index (κ2) is 10.2. The average molecular weight is 429 g/mol. The quantitative estimate of drug-likeness (QED) is 0.594. The van der Waals surface area contributed by atoms with Crippen LogP contribution >= 0.6 is 0 Å². The Balaban J connectivity index is 1.71. The van der Waals surface area contributed by atoms with Crippen molar-refractivity contribution in [2.24, 2.45) is 0 Å². The maximum atomic E-state index is 13.6. The molecule has 6 heteroatoms. The molecule has 3 atom stereocenters. The smallest absolute Gasteiger partial charge is 0.217 e. The summed E-state index contributed by atoms with van der Waals surface area (Å²) in [6, 6.07) is 9.03. The number of aliphatic hydroxyl groups excluding tert-OH is 1. The maximum absolute atomic E-state index is 13.6. The van der Waals surface area contributed by atoms with E-state index in [0.29, 0.717) is 5.56 Å². The Morgan fingerprint density at radius 1 is 1.19 bits per heavy atom. The molecule has 0 fully saturated rings. The van der Waals surface area contributed by atoms with Crippen molar-refractivity contribution in [1.82, 2.24) is 10.6 Å². The number of aryl methyl sites for hydroxylation is 1. The van der Waals surface area contributed by atoms with E-state index in [1.807, 2.05) is 6.92 Å². The lowest BCUT2D eigenvalue weighted by Gasteiger charge is -2.30. The SMILES string of the molecule is C=C(C)c1ccc2c(c1)C(NCC(O)C(Cc1cc(F)cc(F)c1)NC(C)=O)CCC2. The first-order valence-corrected chi connectivity index (χ1v) is 10.6. The van der Waals surface area contributed by atoms with Crippen LogP contribution in [0.5, 0.6) is 0 Å². The fourth-order valence-electron chi connectivity index (χ4n) is 4.21. The molecular formula is C25H30F2N2O2. The highest BCUT2D eigenvalue weighted by Crippen LogP contribution is 2.31. The molecule has 0 aromatic heterocycles. The van der Waals surface area contributed by atoms with Gasteiger partial charge in [0.25, 0.3) is 0 Å². The maximum Gasteiger partial charge on any atom is 0.217 e. The molecule has 0 saturated carbocycles. The Morgan fingerprint density at radius 3 is 2.55 bits per heavy atom. The standard InChI is InChI=1S/C25H30F2N2O2/c1-15(2)19-8-7-18-5-4-6-23(22(18)12-19)28-14-25(31)24(29-16(3)30)11-17-9-20(26)13-21(27)10-17/h7-10,12-13,23-25,28,31H,1,4-6,11,14H2,2-3H3,(H,29,30). The van der Waals surface area contributed by atoms with E-state index in [1.54, 1.807) is 0 Å². The molecule has 2 aromatic carbocycles. The van der Waals surface area contributed by atoms with Gasteiger partial charge in [-0.3, -0.25) is 4.79 Å². The Kier molecular flexibility index (Phi) is 7.57. The number of rotatable bonds is 8. The van der Waals surface area contributed by atoms with E-state index in [1.165, 1.54) is 30.2 Å². The molecule has 0 spiro atoms. The zero-order valence-electron chi connectivity index (χ0n) is 18.1. The van der Waals surface area contributed by atoms with E-state index >= 15 is 0 Å². The number of benzene rings is 2. The van der Waals surface area contributed by atoms with Crippen LogP contribution in [0.25, 0.3) is 5.57 Å². The summed E-state index contributed by atoms with van der Waals surface area (Å²) in [4.78, 5) is 11.7. The van der Waals surface area contributed by atoms with E-state index in [9.17, 15) is 18.7 Å². The van der Waals surface area contributed by atoms with Gasteiger partial charge >= 0.3 is 0 Å². The second-order valence-electron chi connectivity index (χ2n) is 8.40. The number of hydrogen-bond donors (Lipinski definition) is 3. The van der Waals surface area contributed by atoms with Crippen LogP contribution < -0.4 is 10.6 Å². The van der Waals surface area contributed by atoms with Crippen molar-refractivity contribution < 1.29 is 18.7 Å². The predicted octanol–water partition coefficient (Wildman–Crippen LogP) is 4.07. The minimum atomic E-state index is -0.926. The summed E-state index contributed by atoms with van der Waals surface area (Å²) >= 11 is 0. The highest BCUT2D eigenvalue weighted by Gasteiger charge is 2.25. The lowest BCUT2D eigenvalue weighted by atomic mass is 9.85. The van der Waals surface area contributed by atoms with Crippen LogP contribution in [0, 0.1) is 11.6 Å². The molecular weight excluding hydrogens is 398 g/mol. The third kappa shape index (κ3) is 6.21. The van der Waals surface area contributed by atoms with Crippen molar-refractivity contribution in [2.75, 3.05) is 6.54 Å². The molecule has 0 heterocycles. The molecule has 3 rings (SSSR count). The minimum Gasteiger partial charge on any atom is -0.390 e. The van der Waals surface area contributed by atoms with Crippen molar-refractivity contribution in [3.63, 3.8) is 0 Å². The third-order valence-electron chi connectivity index (χ3n) is 5.76. The number of halogens is 2. The van der Waals surface area contributed by atoms with Crippen LogP contribution in [0.15, 0.2) is 43.0 Å². The number of amides is 1. The first kappa shape index (κ1) is 23.1. The molecule has 0 bridgehead atoms. The average Bonchev–Trinajstić information content (AvgIpc) is 2.70. The molecule has 1 aliphatic carbocycles. The van der Waals surface area contributed by atoms with Gasteiger partial charge in [0.05, 0.1) is 12.1 Å². The topological polar surface area (TPSA) is 61.4 Å². The van der Waals surface area contributed by atoms with Crippen molar-refractivity contribution >= 4 is 11.5 Å². The monoisotopic (exact) mass is 428 g/mol. The normalized spacial score (nSPS) is 17.5. The van der Waals surface area contributed by atoms with Crippen LogP contribution in [0.3, 0.4) is 0 Å². The van der Waals surface area contributed by atoms with Gasteiger partial charge < -0.3 is 15.7 Å².